The van der Waals surface area contributed by atoms with E-state index in [1.807, 2.05) is 30.3 Å². The maximum Gasteiger partial charge on any atom is 0.338 e. The summed E-state index contributed by atoms with van der Waals surface area (Å²) in [6.07, 6.45) is 0.912. The van der Waals surface area contributed by atoms with Crippen LogP contribution in [-0.4, -0.2) is 45.8 Å². The maximum absolute atomic E-state index is 13.8. The fourth-order valence-corrected chi connectivity index (χ4v) is 5.44. The summed E-state index contributed by atoms with van der Waals surface area (Å²) in [7, 11) is 1.59. The molecule has 0 radical (unpaired) electrons. The first kappa shape index (κ1) is 25.0. The van der Waals surface area contributed by atoms with Crippen LogP contribution in [0.5, 0.6) is 5.75 Å². The molecule has 1 fully saturated rings. The van der Waals surface area contributed by atoms with Gasteiger partial charge in [-0.1, -0.05) is 54.1 Å². The van der Waals surface area contributed by atoms with Gasteiger partial charge in [-0.05, 0) is 48.7 Å². The molecule has 2 N–H and O–H groups in total. The van der Waals surface area contributed by atoms with Gasteiger partial charge in [0.15, 0.2) is 0 Å². The van der Waals surface area contributed by atoms with Gasteiger partial charge in [0.2, 0.25) is 0 Å². The number of rotatable bonds is 6. The summed E-state index contributed by atoms with van der Waals surface area (Å²) in [5, 5.41) is 22.4. The number of nitrogens with zero attached hydrogens (tertiary/aromatic N) is 2. The Balaban J connectivity index is 1.57. The Bertz CT molecular complexity index is 1530. The zero-order valence-electron chi connectivity index (χ0n) is 20.4. The number of halogens is 1. The Hall–Kier alpha value is -3.65. The van der Waals surface area contributed by atoms with Crippen molar-refractivity contribution in [1.82, 2.24) is 9.47 Å². The van der Waals surface area contributed by atoms with E-state index >= 15 is 0 Å². The first-order valence-electron chi connectivity index (χ1n) is 12.1. The van der Waals surface area contributed by atoms with E-state index in [-0.39, 0.29) is 28.1 Å². The summed E-state index contributed by atoms with van der Waals surface area (Å²) in [5.41, 5.74) is 0.406. The van der Waals surface area contributed by atoms with Gasteiger partial charge in [0.05, 0.1) is 34.4 Å². The number of piperidine rings is 1. The lowest BCUT2D eigenvalue weighted by Gasteiger charge is -2.39. The van der Waals surface area contributed by atoms with E-state index in [4.69, 9.17) is 16.3 Å². The molecule has 1 saturated heterocycles. The second kappa shape index (κ2) is 10.0. The number of carboxylic acid groups (broad SMARTS) is 1. The zero-order chi connectivity index (χ0) is 26.2. The molecule has 0 unspecified atom stereocenters. The minimum absolute atomic E-state index is 0.0505. The average Bonchev–Trinajstić information content (AvgIpc) is 2.90. The monoisotopic (exact) mass is 518 g/mol. The summed E-state index contributed by atoms with van der Waals surface area (Å²) in [5.74, 6) is -0.446. The fraction of sp³-hybridized carbons (Fsp3) is 0.241. The van der Waals surface area contributed by atoms with Gasteiger partial charge >= 0.3 is 5.97 Å². The molecule has 0 atom stereocenters. The predicted octanol–water partition coefficient (Wildman–Crippen LogP) is 4.83. The van der Waals surface area contributed by atoms with Gasteiger partial charge in [0, 0.05) is 30.7 Å². The highest BCUT2D eigenvalue weighted by atomic mass is 35.5. The Morgan fingerprint density at radius 3 is 2.41 bits per heavy atom. The van der Waals surface area contributed by atoms with E-state index < -0.39 is 11.6 Å². The van der Waals surface area contributed by atoms with Crippen LogP contribution in [0.25, 0.3) is 16.5 Å². The Labute approximate surface area is 219 Å². The molecule has 2 heterocycles. The molecule has 1 aromatic heterocycles. The fourth-order valence-electron chi connectivity index (χ4n) is 5.18. The number of aromatic nitrogens is 1. The lowest BCUT2D eigenvalue weighted by Crippen LogP contribution is -2.43. The summed E-state index contributed by atoms with van der Waals surface area (Å²) in [4.78, 5) is 28.4. The normalized spacial score (nSPS) is 15.5. The molecular weight excluding hydrogens is 492 g/mol. The van der Waals surface area contributed by atoms with Crippen molar-refractivity contribution in [2.24, 2.45) is 0 Å². The number of hydrogen-bond acceptors (Lipinski definition) is 5. The minimum atomic E-state index is -1.13. The molecular formula is C29H27ClN2O5. The standard InChI is InChI=1S/C29H27ClN2O5/c1-37-21-10-5-7-19(17-21)29(36)13-15-31(16-14-29)18-24-26(28(34)35)22-11-6-12-23(30)25(22)27(33)32(24)20-8-3-2-4-9-20/h2-12,17,36H,13-16,18H2,1H3,(H,34,35). The van der Waals surface area contributed by atoms with Gasteiger partial charge in [-0.3, -0.25) is 14.3 Å². The number of benzene rings is 3. The van der Waals surface area contributed by atoms with Crippen LogP contribution in [0.15, 0.2) is 77.6 Å². The van der Waals surface area contributed by atoms with Crippen LogP contribution in [0.2, 0.25) is 5.02 Å². The molecule has 4 aromatic rings. The third kappa shape index (κ3) is 4.62. The molecule has 0 bridgehead atoms. The summed E-state index contributed by atoms with van der Waals surface area (Å²) >= 11 is 6.40. The van der Waals surface area contributed by atoms with Gasteiger partial charge < -0.3 is 14.9 Å². The quantitative estimate of drug-likeness (QED) is 0.380. The van der Waals surface area contributed by atoms with E-state index in [2.05, 4.69) is 4.90 Å². The SMILES string of the molecule is COc1cccc(C2(O)CCN(Cc3c(C(=O)O)c4cccc(Cl)c4c(=O)n3-c3ccccc3)CC2)c1. The van der Waals surface area contributed by atoms with Gasteiger partial charge in [0.25, 0.3) is 5.56 Å². The van der Waals surface area contributed by atoms with Crippen LogP contribution in [-0.2, 0) is 12.1 Å². The molecule has 0 aliphatic carbocycles. The van der Waals surface area contributed by atoms with Crippen LogP contribution in [0.1, 0.15) is 34.5 Å². The van der Waals surface area contributed by atoms with Crippen molar-refractivity contribution in [3.63, 3.8) is 0 Å². The number of carbonyl (C=O) groups is 1. The van der Waals surface area contributed by atoms with Gasteiger partial charge in [-0.15, -0.1) is 0 Å². The number of fused-ring (bicyclic) bond motifs is 1. The van der Waals surface area contributed by atoms with E-state index in [0.717, 1.165) is 5.56 Å². The van der Waals surface area contributed by atoms with Crippen molar-refractivity contribution < 1.29 is 19.7 Å². The summed E-state index contributed by atoms with van der Waals surface area (Å²) < 4.78 is 6.78. The lowest BCUT2D eigenvalue weighted by molar-refractivity contribution is -0.0283. The Morgan fingerprint density at radius 2 is 1.73 bits per heavy atom. The van der Waals surface area contributed by atoms with Crippen molar-refractivity contribution in [1.29, 1.82) is 0 Å². The van der Waals surface area contributed by atoms with Crippen LogP contribution in [0, 0.1) is 0 Å². The lowest BCUT2D eigenvalue weighted by atomic mass is 9.84. The van der Waals surface area contributed by atoms with Crippen molar-refractivity contribution in [3.8, 4) is 11.4 Å². The summed E-state index contributed by atoms with van der Waals surface area (Å²) in [6.45, 7) is 1.26. The van der Waals surface area contributed by atoms with E-state index in [1.54, 1.807) is 49.6 Å². The Kier molecular flexibility index (Phi) is 6.77. The van der Waals surface area contributed by atoms with Crippen molar-refractivity contribution in [2.75, 3.05) is 20.2 Å². The molecule has 190 valence electrons. The van der Waals surface area contributed by atoms with Gasteiger partial charge in [0.1, 0.15) is 5.75 Å². The molecule has 1 aliphatic rings. The number of aromatic carboxylic acids is 1. The van der Waals surface area contributed by atoms with Crippen LogP contribution in [0.3, 0.4) is 0 Å². The maximum atomic E-state index is 13.8. The molecule has 0 spiro atoms. The molecule has 8 heteroatoms. The first-order valence-corrected chi connectivity index (χ1v) is 12.4. The first-order chi connectivity index (χ1) is 17.8. The van der Waals surface area contributed by atoms with Crippen molar-refractivity contribution >= 4 is 28.3 Å². The molecule has 0 amide bonds. The highest BCUT2D eigenvalue weighted by Gasteiger charge is 2.35. The molecule has 0 saturated carbocycles. The number of ether oxygens (including phenoxy) is 1. The predicted molar refractivity (Wildman–Crippen MR) is 143 cm³/mol. The van der Waals surface area contributed by atoms with Crippen molar-refractivity contribution in [2.45, 2.75) is 25.0 Å². The number of hydrogen-bond donors (Lipinski definition) is 2. The molecule has 3 aromatic carbocycles. The van der Waals surface area contributed by atoms with Crippen molar-refractivity contribution in [3.05, 3.63) is 105 Å². The number of carboxylic acids is 1. The zero-order valence-corrected chi connectivity index (χ0v) is 21.1. The Morgan fingerprint density at radius 1 is 1.03 bits per heavy atom. The van der Waals surface area contributed by atoms with Crippen LogP contribution >= 0.6 is 11.6 Å². The average molecular weight is 519 g/mol. The van der Waals surface area contributed by atoms with Gasteiger partial charge in [-0.25, -0.2) is 4.79 Å². The molecule has 5 rings (SSSR count). The minimum Gasteiger partial charge on any atom is -0.497 e. The third-order valence-electron chi connectivity index (χ3n) is 7.15. The van der Waals surface area contributed by atoms with Crippen LogP contribution in [0.4, 0.5) is 0 Å². The van der Waals surface area contributed by atoms with E-state index in [9.17, 15) is 19.8 Å². The number of pyridine rings is 1. The van der Waals surface area contributed by atoms with Gasteiger partial charge in [-0.2, -0.15) is 0 Å². The smallest absolute Gasteiger partial charge is 0.338 e. The molecule has 1 aliphatic heterocycles. The number of para-hydroxylation sites is 1. The van der Waals surface area contributed by atoms with E-state index in [1.165, 1.54) is 4.57 Å². The van der Waals surface area contributed by atoms with E-state index in [0.29, 0.717) is 48.4 Å². The second-order valence-electron chi connectivity index (χ2n) is 9.31. The second-order valence-corrected chi connectivity index (χ2v) is 9.71. The third-order valence-corrected chi connectivity index (χ3v) is 7.47. The number of methoxy groups -OCH3 is 1. The topological polar surface area (TPSA) is 92.0 Å². The highest BCUT2D eigenvalue weighted by Crippen LogP contribution is 2.35. The molecule has 7 nitrogen and oxygen atoms in total. The largest absolute Gasteiger partial charge is 0.497 e. The van der Waals surface area contributed by atoms with Crippen LogP contribution < -0.4 is 10.3 Å². The number of aliphatic hydroxyl groups is 1. The highest BCUT2D eigenvalue weighted by molar-refractivity contribution is 6.35. The number of likely N-dealkylation sites (tertiary alicyclic amines) is 1. The summed E-state index contributed by atoms with van der Waals surface area (Å²) in [6, 6.07) is 21.3. The molecule has 37 heavy (non-hydrogen) atoms.